The lowest BCUT2D eigenvalue weighted by Crippen LogP contribution is -2.48. The third kappa shape index (κ3) is 3.27. The van der Waals surface area contributed by atoms with Crippen molar-refractivity contribution < 1.29 is 19.1 Å². The smallest absolute Gasteiger partial charge is 0.257 e. The van der Waals surface area contributed by atoms with Crippen molar-refractivity contribution in [1.29, 1.82) is 0 Å². The van der Waals surface area contributed by atoms with E-state index in [0.717, 1.165) is 5.56 Å². The molecule has 1 saturated heterocycles. The first kappa shape index (κ1) is 18.2. The van der Waals surface area contributed by atoms with E-state index in [1.165, 1.54) is 4.90 Å². The second-order valence-corrected chi connectivity index (χ2v) is 6.88. The van der Waals surface area contributed by atoms with E-state index in [2.05, 4.69) is 5.32 Å². The van der Waals surface area contributed by atoms with Crippen LogP contribution in [0, 0.1) is 0 Å². The number of nitrogens with zero attached hydrogens (tertiary/aromatic N) is 2. The van der Waals surface area contributed by atoms with Gasteiger partial charge in [-0.1, -0.05) is 24.3 Å². The minimum Gasteiger partial charge on any atom is -0.454 e. The van der Waals surface area contributed by atoms with E-state index in [0.29, 0.717) is 28.8 Å². The molecule has 2 heterocycles. The van der Waals surface area contributed by atoms with Gasteiger partial charge in [0.2, 0.25) is 12.7 Å². The second-order valence-electron chi connectivity index (χ2n) is 6.49. The Morgan fingerprint density at radius 3 is 2.68 bits per heavy atom. The summed E-state index contributed by atoms with van der Waals surface area (Å²) >= 11 is 5.44. The summed E-state index contributed by atoms with van der Waals surface area (Å²) in [6.07, 6.45) is 0.0695. The SMILES string of the molecule is CNC(=S)N(Cc1ccc2c(c1)OCO2)[C@H]1CC(=O)N(c2ccccc2)C1=O. The van der Waals surface area contributed by atoms with E-state index in [4.69, 9.17) is 21.7 Å². The molecule has 2 aliphatic heterocycles. The first-order valence-electron chi connectivity index (χ1n) is 8.87. The van der Waals surface area contributed by atoms with E-state index in [9.17, 15) is 9.59 Å². The van der Waals surface area contributed by atoms with Crippen LogP contribution in [0.25, 0.3) is 0 Å². The average molecular weight is 397 g/mol. The van der Waals surface area contributed by atoms with Crippen molar-refractivity contribution in [3.8, 4) is 11.5 Å². The molecule has 2 aliphatic rings. The number of hydrogen-bond donors (Lipinski definition) is 1. The maximum absolute atomic E-state index is 13.1. The summed E-state index contributed by atoms with van der Waals surface area (Å²) in [7, 11) is 1.70. The van der Waals surface area contributed by atoms with E-state index in [1.54, 1.807) is 36.2 Å². The molecule has 0 aromatic heterocycles. The van der Waals surface area contributed by atoms with E-state index in [1.807, 2.05) is 24.3 Å². The number of benzene rings is 2. The maximum Gasteiger partial charge on any atom is 0.257 e. The van der Waals surface area contributed by atoms with Crippen LogP contribution in [0.15, 0.2) is 48.5 Å². The minimum absolute atomic E-state index is 0.0695. The number of para-hydroxylation sites is 1. The van der Waals surface area contributed by atoms with E-state index < -0.39 is 6.04 Å². The molecule has 7 nitrogen and oxygen atoms in total. The normalized spacial score (nSPS) is 17.8. The number of imide groups is 1. The maximum atomic E-state index is 13.1. The number of carbonyl (C=O) groups is 2. The quantitative estimate of drug-likeness (QED) is 0.625. The molecule has 0 spiro atoms. The molecule has 1 fully saturated rings. The van der Waals surface area contributed by atoms with Crippen molar-refractivity contribution in [2.24, 2.45) is 0 Å². The van der Waals surface area contributed by atoms with Gasteiger partial charge in [0.15, 0.2) is 16.6 Å². The van der Waals surface area contributed by atoms with Crippen molar-refractivity contribution in [2.75, 3.05) is 18.7 Å². The zero-order chi connectivity index (χ0) is 19.7. The second kappa shape index (κ2) is 7.47. The zero-order valence-corrected chi connectivity index (χ0v) is 16.1. The van der Waals surface area contributed by atoms with E-state index in [-0.39, 0.29) is 25.0 Å². The molecule has 2 aromatic carbocycles. The number of fused-ring (bicyclic) bond motifs is 1. The van der Waals surface area contributed by atoms with Gasteiger partial charge in [-0.2, -0.15) is 0 Å². The molecule has 4 rings (SSSR count). The average Bonchev–Trinajstić information content (AvgIpc) is 3.29. The Labute approximate surface area is 167 Å². The van der Waals surface area contributed by atoms with Gasteiger partial charge in [0.25, 0.3) is 5.91 Å². The predicted octanol–water partition coefficient (Wildman–Crippen LogP) is 2.05. The van der Waals surface area contributed by atoms with Crippen LogP contribution in [-0.4, -0.2) is 41.7 Å². The Kier molecular flexibility index (Phi) is 4.87. The fourth-order valence-electron chi connectivity index (χ4n) is 3.41. The molecule has 0 aliphatic carbocycles. The van der Waals surface area contributed by atoms with Gasteiger partial charge in [-0.15, -0.1) is 0 Å². The molecule has 0 unspecified atom stereocenters. The lowest BCUT2D eigenvalue weighted by atomic mass is 10.1. The number of rotatable bonds is 4. The van der Waals surface area contributed by atoms with Gasteiger partial charge < -0.3 is 19.7 Å². The van der Waals surface area contributed by atoms with Gasteiger partial charge in [-0.3, -0.25) is 9.59 Å². The Morgan fingerprint density at radius 1 is 1.18 bits per heavy atom. The van der Waals surface area contributed by atoms with Gasteiger partial charge in [0.05, 0.1) is 12.1 Å². The van der Waals surface area contributed by atoms with Crippen molar-refractivity contribution in [1.82, 2.24) is 10.2 Å². The summed E-state index contributed by atoms with van der Waals surface area (Å²) in [5.74, 6) is 0.826. The third-order valence-corrected chi connectivity index (χ3v) is 5.22. The van der Waals surface area contributed by atoms with Gasteiger partial charge in [0, 0.05) is 13.6 Å². The largest absolute Gasteiger partial charge is 0.454 e. The first-order chi connectivity index (χ1) is 13.6. The topological polar surface area (TPSA) is 71.1 Å². The number of carbonyl (C=O) groups excluding carboxylic acids is 2. The summed E-state index contributed by atoms with van der Waals surface area (Å²) in [6, 6.07) is 13.9. The van der Waals surface area contributed by atoms with Crippen molar-refractivity contribution >= 4 is 34.8 Å². The summed E-state index contributed by atoms with van der Waals surface area (Å²) in [6.45, 7) is 0.557. The summed E-state index contributed by atoms with van der Waals surface area (Å²) in [5, 5.41) is 3.33. The molecule has 2 aromatic rings. The van der Waals surface area contributed by atoms with E-state index >= 15 is 0 Å². The lowest BCUT2D eigenvalue weighted by molar-refractivity contribution is -0.122. The van der Waals surface area contributed by atoms with Gasteiger partial charge >= 0.3 is 0 Å². The minimum atomic E-state index is -0.668. The summed E-state index contributed by atoms with van der Waals surface area (Å²) < 4.78 is 10.8. The summed E-state index contributed by atoms with van der Waals surface area (Å²) in [5.41, 5.74) is 1.47. The van der Waals surface area contributed by atoms with Gasteiger partial charge in [0.1, 0.15) is 6.04 Å². The standard InChI is InChI=1S/C20H19N3O4S/c1-21-20(28)22(11-13-7-8-16-17(9-13)27-12-26-16)15-10-18(24)23(19(15)25)14-5-3-2-4-6-14/h2-9,15H,10-12H2,1H3,(H,21,28)/t15-/m0/s1. The van der Waals surface area contributed by atoms with Gasteiger partial charge in [-0.05, 0) is 42.0 Å². The summed E-state index contributed by atoms with van der Waals surface area (Å²) in [4.78, 5) is 28.7. The number of amides is 2. The molecule has 0 saturated carbocycles. The van der Waals surface area contributed by atoms with Crippen LogP contribution in [0.1, 0.15) is 12.0 Å². The Balaban J connectivity index is 1.60. The monoisotopic (exact) mass is 397 g/mol. The van der Waals surface area contributed by atoms with Crippen LogP contribution in [0.3, 0.4) is 0 Å². The highest BCUT2D eigenvalue weighted by molar-refractivity contribution is 7.80. The molecule has 144 valence electrons. The van der Waals surface area contributed by atoms with Crippen LogP contribution >= 0.6 is 12.2 Å². The van der Waals surface area contributed by atoms with Crippen LogP contribution in [0.2, 0.25) is 0 Å². The van der Waals surface area contributed by atoms with Crippen LogP contribution < -0.4 is 19.7 Å². The highest BCUT2D eigenvalue weighted by Gasteiger charge is 2.43. The fraction of sp³-hybridized carbons (Fsp3) is 0.250. The third-order valence-electron chi connectivity index (χ3n) is 4.78. The number of thiocarbonyl (C=S) groups is 1. The fourth-order valence-corrected chi connectivity index (χ4v) is 3.60. The molecule has 8 heteroatoms. The molecule has 1 atom stereocenters. The zero-order valence-electron chi connectivity index (χ0n) is 15.3. The molecule has 0 radical (unpaired) electrons. The number of anilines is 1. The van der Waals surface area contributed by atoms with Crippen LogP contribution in [-0.2, 0) is 16.1 Å². The van der Waals surface area contributed by atoms with Crippen molar-refractivity contribution in [3.05, 3.63) is 54.1 Å². The number of ether oxygens (including phenoxy) is 2. The van der Waals surface area contributed by atoms with Crippen LogP contribution in [0.5, 0.6) is 11.5 Å². The molecular weight excluding hydrogens is 378 g/mol. The lowest BCUT2D eigenvalue weighted by Gasteiger charge is -2.29. The number of nitrogens with one attached hydrogen (secondary N) is 1. The Morgan fingerprint density at radius 2 is 1.93 bits per heavy atom. The molecule has 28 heavy (non-hydrogen) atoms. The van der Waals surface area contributed by atoms with Crippen LogP contribution in [0.4, 0.5) is 5.69 Å². The van der Waals surface area contributed by atoms with Gasteiger partial charge in [-0.25, -0.2) is 4.90 Å². The molecule has 1 N–H and O–H groups in total. The number of hydrogen-bond acceptors (Lipinski definition) is 5. The first-order valence-corrected chi connectivity index (χ1v) is 9.28. The predicted molar refractivity (Wildman–Crippen MR) is 107 cm³/mol. The highest BCUT2D eigenvalue weighted by atomic mass is 32.1. The molecule has 2 amide bonds. The molecular formula is C20H19N3O4S. The Bertz CT molecular complexity index is 934. The molecule has 0 bridgehead atoms. The highest BCUT2D eigenvalue weighted by Crippen LogP contribution is 2.33. The van der Waals surface area contributed by atoms with Crippen molar-refractivity contribution in [3.63, 3.8) is 0 Å². The van der Waals surface area contributed by atoms with Crippen molar-refractivity contribution in [2.45, 2.75) is 19.0 Å². The Hall–Kier alpha value is -3.13.